The molecule has 0 saturated heterocycles. The van der Waals surface area contributed by atoms with Crippen molar-refractivity contribution in [2.75, 3.05) is 0 Å². The van der Waals surface area contributed by atoms with Crippen molar-refractivity contribution in [3.05, 3.63) is 237 Å². The summed E-state index contributed by atoms with van der Waals surface area (Å²) in [6.07, 6.45) is 0. The van der Waals surface area contributed by atoms with Crippen molar-refractivity contribution in [2.24, 2.45) is 0 Å². The van der Waals surface area contributed by atoms with Crippen LogP contribution in [0.5, 0.6) is 23.0 Å². The van der Waals surface area contributed by atoms with Gasteiger partial charge in [-0.3, -0.25) is 0 Å². The van der Waals surface area contributed by atoms with Crippen molar-refractivity contribution < 1.29 is 14.9 Å². The zero-order valence-electron chi connectivity index (χ0n) is 32.5. The van der Waals surface area contributed by atoms with Gasteiger partial charge in [0.25, 0.3) is 0 Å². The lowest BCUT2D eigenvalue weighted by Crippen LogP contribution is -2.29. The van der Waals surface area contributed by atoms with Crippen LogP contribution in [0.3, 0.4) is 0 Å². The molecule has 10 rings (SSSR count). The van der Waals surface area contributed by atoms with E-state index in [1.54, 1.807) is 0 Å². The Hall–Kier alpha value is -6.84. The molecule has 0 radical (unpaired) electrons. The molecule has 0 atom stereocenters. The molecule has 2 aliphatic carbocycles. The average Bonchev–Trinajstić information content (AvgIpc) is 3.70. The molecule has 0 unspecified atom stereocenters. The lowest BCUT2D eigenvalue weighted by atomic mass is 9.67. The summed E-state index contributed by atoms with van der Waals surface area (Å²) in [7, 11) is 0. The number of aryl methyl sites for hydroxylation is 4. The monoisotopic (exact) mass is 738 g/mol. The number of rotatable bonds is 6. The van der Waals surface area contributed by atoms with E-state index in [1.165, 1.54) is 44.5 Å². The zero-order valence-corrected chi connectivity index (χ0v) is 32.5. The third-order valence-corrected chi connectivity index (χ3v) is 12.6. The molecule has 0 fully saturated rings. The molecular weight excluding hydrogens is 697 g/mol. The van der Waals surface area contributed by atoms with Crippen LogP contribution in [-0.2, 0) is 10.8 Å². The summed E-state index contributed by atoms with van der Waals surface area (Å²) >= 11 is 0. The van der Waals surface area contributed by atoms with Crippen LogP contribution in [0.2, 0.25) is 0 Å². The van der Waals surface area contributed by atoms with Gasteiger partial charge in [0.2, 0.25) is 0 Å². The minimum atomic E-state index is -0.582. The Morgan fingerprint density at radius 3 is 0.912 bits per heavy atom. The van der Waals surface area contributed by atoms with Gasteiger partial charge in [-0.15, -0.1) is 0 Å². The quantitative estimate of drug-likeness (QED) is 0.179. The van der Waals surface area contributed by atoms with Crippen molar-refractivity contribution in [3.8, 4) is 45.3 Å². The van der Waals surface area contributed by atoms with Gasteiger partial charge in [0.1, 0.15) is 23.0 Å². The Kier molecular flexibility index (Phi) is 7.81. The summed E-state index contributed by atoms with van der Waals surface area (Å²) in [6, 6.07) is 60.0. The van der Waals surface area contributed by atoms with Gasteiger partial charge in [-0.25, -0.2) is 0 Å². The molecule has 2 aliphatic rings. The smallest absolute Gasteiger partial charge is 0.130 e. The predicted molar refractivity (Wildman–Crippen MR) is 230 cm³/mol. The fourth-order valence-electron chi connectivity index (χ4n) is 9.94. The second-order valence-electron chi connectivity index (χ2n) is 15.7. The van der Waals surface area contributed by atoms with Crippen LogP contribution in [0.4, 0.5) is 0 Å². The predicted octanol–water partition coefficient (Wildman–Crippen LogP) is 12.8. The first-order valence-corrected chi connectivity index (χ1v) is 19.6. The number of fused-ring (bicyclic) bond motifs is 6. The second kappa shape index (κ2) is 12.9. The standard InChI is InChI=1S/C54H42O3/c1-33-29-37(21-25-49(33)55)53(45-17-9-5-13-41(45)42-14-6-10-18-46(42)53)39-23-27-51(35(3)31-39)57-52-28-24-40(32-36(52)4)54(38-22-26-50(56)34(2)30-38)47-19-11-7-15-43(47)44-16-8-12-20-48(44)54/h5-32,55-56H,1-4H3. The van der Waals surface area contributed by atoms with Crippen molar-refractivity contribution in [1.29, 1.82) is 0 Å². The summed E-state index contributed by atoms with van der Waals surface area (Å²) in [5.41, 5.74) is 16.9. The molecule has 0 amide bonds. The van der Waals surface area contributed by atoms with Crippen molar-refractivity contribution in [2.45, 2.75) is 38.5 Å². The van der Waals surface area contributed by atoms with Gasteiger partial charge in [-0.1, -0.05) is 146 Å². The van der Waals surface area contributed by atoms with E-state index in [4.69, 9.17) is 4.74 Å². The highest BCUT2D eigenvalue weighted by Gasteiger charge is 2.47. The maximum absolute atomic E-state index is 10.6. The number of ether oxygens (including phenoxy) is 1. The maximum Gasteiger partial charge on any atom is 0.130 e. The highest BCUT2D eigenvalue weighted by molar-refractivity contribution is 5.88. The Balaban J connectivity index is 1.09. The van der Waals surface area contributed by atoms with E-state index in [2.05, 4.69) is 172 Å². The summed E-state index contributed by atoms with van der Waals surface area (Å²) < 4.78 is 6.83. The van der Waals surface area contributed by atoms with Crippen LogP contribution < -0.4 is 4.74 Å². The van der Waals surface area contributed by atoms with Gasteiger partial charge < -0.3 is 14.9 Å². The van der Waals surface area contributed by atoms with Crippen molar-refractivity contribution in [3.63, 3.8) is 0 Å². The molecule has 0 aromatic heterocycles. The fraction of sp³-hybridized carbons (Fsp3) is 0.111. The molecule has 0 spiro atoms. The number of benzene rings is 8. The SMILES string of the molecule is Cc1cc(C2(c3ccc(Oc4ccc(C5(c6ccc(O)c(C)c6)c6ccccc6-c6ccccc65)cc4C)c(C)c3)c3ccccc3-c3ccccc32)ccc1O. The van der Waals surface area contributed by atoms with Gasteiger partial charge in [-0.05, 0) is 141 Å². The Morgan fingerprint density at radius 1 is 0.333 bits per heavy atom. The van der Waals surface area contributed by atoms with Gasteiger partial charge in [0.05, 0.1) is 10.8 Å². The molecule has 3 nitrogen and oxygen atoms in total. The molecule has 8 aromatic carbocycles. The molecule has 0 aliphatic heterocycles. The van der Waals surface area contributed by atoms with Gasteiger partial charge >= 0.3 is 0 Å². The van der Waals surface area contributed by atoms with Crippen LogP contribution in [0.1, 0.15) is 66.8 Å². The molecule has 0 heterocycles. The molecule has 0 saturated carbocycles. The fourth-order valence-corrected chi connectivity index (χ4v) is 9.94. The molecule has 3 heteroatoms. The highest BCUT2D eigenvalue weighted by atomic mass is 16.5. The zero-order chi connectivity index (χ0) is 39.1. The minimum Gasteiger partial charge on any atom is -0.508 e. The van der Waals surface area contributed by atoms with E-state index in [0.29, 0.717) is 11.5 Å². The largest absolute Gasteiger partial charge is 0.508 e. The molecule has 276 valence electrons. The summed E-state index contributed by atoms with van der Waals surface area (Å²) in [5.74, 6) is 2.18. The lowest BCUT2D eigenvalue weighted by Gasteiger charge is -2.35. The van der Waals surface area contributed by atoms with E-state index in [1.807, 2.05) is 26.0 Å². The Morgan fingerprint density at radius 2 is 0.614 bits per heavy atom. The summed E-state index contributed by atoms with van der Waals surface area (Å²) in [4.78, 5) is 0. The van der Waals surface area contributed by atoms with Crippen LogP contribution in [0, 0.1) is 27.7 Å². The number of hydrogen-bond acceptors (Lipinski definition) is 3. The molecule has 0 bridgehead atoms. The number of aromatic hydroxyl groups is 2. The van der Waals surface area contributed by atoms with E-state index in [0.717, 1.165) is 56.0 Å². The average molecular weight is 739 g/mol. The first kappa shape index (κ1) is 34.6. The molecule has 8 aromatic rings. The summed E-state index contributed by atoms with van der Waals surface area (Å²) in [5, 5.41) is 21.2. The number of hydrogen-bond donors (Lipinski definition) is 2. The lowest BCUT2D eigenvalue weighted by molar-refractivity contribution is 0.470. The first-order valence-electron chi connectivity index (χ1n) is 19.6. The van der Waals surface area contributed by atoms with E-state index in [-0.39, 0.29) is 0 Å². The van der Waals surface area contributed by atoms with Gasteiger partial charge in [-0.2, -0.15) is 0 Å². The van der Waals surface area contributed by atoms with E-state index >= 15 is 0 Å². The third-order valence-electron chi connectivity index (χ3n) is 12.6. The number of phenolic OH excluding ortho intramolecular Hbond substituents is 2. The van der Waals surface area contributed by atoms with Gasteiger partial charge in [0, 0.05) is 0 Å². The van der Waals surface area contributed by atoms with Crippen LogP contribution in [-0.4, -0.2) is 10.2 Å². The molecular formula is C54H42O3. The normalized spacial score (nSPS) is 14.0. The molecule has 57 heavy (non-hydrogen) atoms. The maximum atomic E-state index is 10.6. The Labute approximate surface area is 334 Å². The first-order chi connectivity index (χ1) is 27.7. The van der Waals surface area contributed by atoms with E-state index in [9.17, 15) is 10.2 Å². The Bertz CT molecular complexity index is 2630. The number of phenols is 2. The highest BCUT2D eigenvalue weighted by Crippen LogP contribution is 2.58. The third kappa shape index (κ3) is 4.91. The van der Waals surface area contributed by atoms with Crippen molar-refractivity contribution >= 4 is 0 Å². The van der Waals surface area contributed by atoms with Gasteiger partial charge in [0.15, 0.2) is 0 Å². The van der Waals surface area contributed by atoms with Crippen LogP contribution in [0.15, 0.2) is 170 Å². The topological polar surface area (TPSA) is 49.7 Å². The molecule has 2 N–H and O–H groups in total. The van der Waals surface area contributed by atoms with E-state index < -0.39 is 10.8 Å². The second-order valence-corrected chi connectivity index (χ2v) is 15.7. The van der Waals surface area contributed by atoms with Crippen LogP contribution >= 0.6 is 0 Å². The summed E-state index contributed by atoms with van der Waals surface area (Å²) in [6.45, 7) is 8.18. The van der Waals surface area contributed by atoms with Crippen molar-refractivity contribution in [1.82, 2.24) is 0 Å². The van der Waals surface area contributed by atoms with Crippen LogP contribution in [0.25, 0.3) is 22.3 Å². The minimum absolute atomic E-state index is 0.292.